The van der Waals surface area contributed by atoms with Gasteiger partial charge in [-0.2, -0.15) is 5.10 Å². The van der Waals surface area contributed by atoms with Crippen LogP contribution >= 0.6 is 11.6 Å². The van der Waals surface area contributed by atoms with E-state index in [2.05, 4.69) is 71.2 Å². The van der Waals surface area contributed by atoms with Gasteiger partial charge in [0.25, 0.3) is 0 Å². The zero-order valence-corrected chi connectivity index (χ0v) is 27.6. The third-order valence-corrected chi connectivity index (χ3v) is 7.89. The predicted octanol–water partition coefficient (Wildman–Crippen LogP) is 8.79. The Hall–Kier alpha value is -4.10. The molecule has 0 saturated heterocycles. The Kier molecular flexibility index (Phi) is 10.5. The summed E-state index contributed by atoms with van der Waals surface area (Å²) in [4.78, 5) is 29.2. The zero-order valence-electron chi connectivity index (χ0n) is 26.8. The lowest BCUT2D eigenvalue weighted by molar-refractivity contribution is -0.116. The molecule has 0 aliphatic carbocycles. The van der Waals surface area contributed by atoms with Crippen molar-refractivity contribution in [2.75, 3.05) is 23.7 Å². The molecule has 2 N–H and O–H groups in total. The molecule has 0 spiro atoms. The molecule has 0 bridgehead atoms. The van der Waals surface area contributed by atoms with Crippen LogP contribution in [-0.4, -0.2) is 39.7 Å². The third-order valence-electron chi connectivity index (χ3n) is 7.57. The first-order valence-corrected chi connectivity index (χ1v) is 15.6. The highest BCUT2D eigenvalue weighted by Crippen LogP contribution is 2.33. The van der Waals surface area contributed by atoms with Crippen molar-refractivity contribution in [2.45, 2.75) is 72.1 Å². The lowest BCUT2D eigenvalue weighted by Gasteiger charge is -2.26. The summed E-state index contributed by atoms with van der Waals surface area (Å²) in [5.41, 5.74) is 5.24. The molecular formula is C36H44ClN5O2. The minimum atomic E-state index is -0.330. The molecule has 4 rings (SSSR count). The Balaban J connectivity index is 1.63. The van der Waals surface area contributed by atoms with Crippen molar-refractivity contribution in [1.29, 1.82) is 0 Å². The molecule has 0 atom stereocenters. The van der Waals surface area contributed by atoms with Gasteiger partial charge >= 0.3 is 6.03 Å². The number of hydrogen-bond acceptors (Lipinski definition) is 3. The number of carbonyl (C=O) groups excluding carboxylic acids is 2. The van der Waals surface area contributed by atoms with Crippen molar-refractivity contribution in [2.24, 2.45) is 0 Å². The van der Waals surface area contributed by atoms with Gasteiger partial charge in [-0.05, 0) is 47.1 Å². The van der Waals surface area contributed by atoms with Gasteiger partial charge in [0.2, 0.25) is 5.91 Å². The van der Waals surface area contributed by atoms with E-state index in [1.807, 2.05) is 60.7 Å². The number of anilines is 2. The molecule has 0 aliphatic rings. The van der Waals surface area contributed by atoms with Gasteiger partial charge in [0.05, 0.1) is 16.4 Å². The number of benzene rings is 3. The predicted molar refractivity (Wildman–Crippen MR) is 181 cm³/mol. The lowest BCUT2D eigenvalue weighted by atomic mass is 9.92. The number of nitrogens with one attached hydrogen (secondary N) is 2. The van der Waals surface area contributed by atoms with E-state index in [1.54, 1.807) is 15.6 Å². The number of hydrogen-bond donors (Lipinski definition) is 2. The molecule has 7 nitrogen and oxygen atoms in total. The van der Waals surface area contributed by atoms with Crippen LogP contribution < -0.4 is 10.6 Å². The van der Waals surface area contributed by atoms with Crippen LogP contribution in [0.25, 0.3) is 5.69 Å². The molecular weight excluding hydrogens is 570 g/mol. The van der Waals surface area contributed by atoms with Crippen molar-refractivity contribution < 1.29 is 9.59 Å². The zero-order chi connectivity index (χ0) is 32.0. The number of aromatic nitrogens is 2. The maximum absolute atomic E-state index is 13.9. The second kappa shape index (κ2) is 14.1. The van der Waals surface area contributed by atoms with E-state index in [9.17, 15) is 9.59 Å². The normalized spacial score (nSPS) is 11.6. The first kappa shape index (κ1) is 32.8. The van der Waals surface area contributed by atoms with Gasteiger partial charge in [-0.1, -0.05) is 121 Å². The number of urea groups is 1. The summed E-state index contributed by atoms with van der Waals surface area (Å²) in [5.74, 6) is 0.589. The van der Waals surface area contributed by atoms with Gasteiger partial charge in [-0.15, -0.1) is 0 Å². The van der Waals surface area contributed by atoms with Crippen LogP contribution in [0.1, 0.15) is 82.7 Å². The van der Waals surface area contributed by atoms with Crippen molar-refractivity contribution in [3.05, 3.63) is 106 Å². The van der Waals surface area contributed by atoms with Crippen molar-refractivity contribution >= 4 is 35.0 Å². The maximum atomic E-state index is 13.9. The van der Waals surface area contributed by atoms with Crippen LogP contribution in [0.5, 0.6) is 0 Å². The fraction of sp³-hybridized carbons (Fsp3) is 0.361. The van der Waals surface area contributed by atoms with Gasteiger partial charge in [0.15, 0.2) is 0 Å². The monoisotopic (exact) mass is 613 g/mol. The van der Waals surface area contributed by atoms with Crippen LogP contribution in [0, 0.1) is 0 Å². The summed E-state index contributed by atoms with van der Waals surface area (Å²) in [6.07, 6.45) is 0.607. The van der Waals surface area contributed by atoms with Gasteiger partial charge in [0, 0.05) is 23.7 Å². The van der Waals surface area contributed by atoms with Crippen LogP contribution in [0.4, 0.5) is 16.3 Å². The fourth-order valence-electron chi connectivity index (χ4n) is 5.04. The van der Waals surface area contributed by atoms with Crippen LogP contribution in [0.3, 0.4) is 0 Å². The smallest absolute Gasteiger partial charge is 0.315 e. The van der Waals surface area contributed by atoms with Crippen LogP contribution in [0.15, 0.2) is 78.9 Å². The Morgan fingerprint density at radius 2 is 1.48 bits per heavy atom. The first-order chi connectivity index (χ1) is 20.8. The topological polar surface area (TPSA) is 79.3 Å². The molecule has 3 aromatic carbocycles. The number of para-hydroxylation sites is 2. The fourth-order valence-corrected chi connectivity index (χ4v) is 5.26. The Morgan fingerprint density at radius 3 is 2.07 bits per heavy atom. The molecule has 4 aromatic rings. The van der Waals surface area contributed by atoms with Gasteiger partial charge in [-0.25, -0.2) is 9.48 Å². The summed E-state index contributed by atoms with van der Waals surface area (Å²) in [7, 11) is 0. The van der Waals surface area contributed by atoms with E-state index in [0.29, 0.717) is 29.5 Å². The minimum Gasteiger partial charge on any atom is -0.315 e. The molecule has 1 heterocycles. The second-order valence-electron chi connectivity index (χ2n) is 12.8. The molecule has 0 aliphatic heterocycles. The highest BCUT2D eigenvalue weighted by atomic mass is 35.5. The van der Waals surface area contributed by atoms with Crippen molar-refractivity contribution in [1.82, 2.24) is 14.7 Å². The average Bonchev–Trinajstić information content (AvgIpc) is 3.39. The average molecular weight is 614 g/mol. The summed E-state index contributed by atoms with van der Waals surface area (Å²) >= 11 is 6.53. The van der Waals surface area contributed by atoms with E-state index in [-0.39, 0.29) is 35.7 Å². The van der Waals surface area contributed by atoms with E-state index in [4.69, 9.17) is 16.7 Å². The lowest BCUT2D eigenvalue weighted by Crippen LogP contribution is -2.42. The molecule has 0 radical (unpaired) electrons. The third kappa shape index (κ3) is 8.08. The number of halogens is 1. The Labute approximate surface area is 266 Å². The molecule has 3 amide bonds. The summed E-state index contributed by atoms with van der Waals surface area (Å²) in [5, 5.41) is 11.5. The van der Waals surface area contributed by atoms with Crippen molar-refractivity contribution in [3.8, 4) is 5.69 Å². The SMILES string of the molecule is CC(C)c1cccc(C(C)C)c1NC(=O)N(CCc1ccccc1)CC(=O)Nc1cc(C(C)(C)C)nn1-c1ccccc1Cl. The van der Waals surface area contributed by atoms with Gasteiger partial charge in [0.1, 0.15) is 12.4 Å². The maximum Gasteiger partial charge on any atom is 0.322 e. The number of amides is 3. The largest absolute Gasteiger partial charge is 0.322 e. The minimum absolute atomic E-state index is 0.141. The molecule has 0 fully saturated rings. The summed E-state index contributed by atoms with van der Waals surface area (Å²) in [6, 6.07) is 25.0. The Bertz CT molecular complexity index is 1560. The van der Waals surface area contributed by atoms with Gasteiger partial charge in [-0.3, -0.25) is 4.79 Å². The van der Waals surface area contributed by atoms with Crippen LogP contribution in [0.2, 0.25) is 5.02 Å². The highest BCUT2D eigenvalue weighted by Gasteiger charge is 2.25. The van der Waals surface area contributed by atoms with Crippen molar-refractivity contribution in [3.63, 3.8) is 0 Å². The second-order valence-corrected chi connectivity index (χ2v) is 13.2. The molecule has 8 heteroatoms. The number of rotatable bonds is 10. The van der Waals surface area contributed by atoms with E-state index in [0.717, 1.165) is 28.1 Å². The molecule has 44 heavy (non-hydrogen) atoms. The molecule has 232 valence electrons. The number of nitrogens with zero attached hydrogens (tertiary/aromatic N) is 3. The van der Waals surface area contributed by atoms with E-state index < -0.39 is 0 Å². The van der Waals surface area contributed by atoms with Gasteiger partial charge < -0.3 is 15.5 Å². The molecule has 1 aromatic heterocycles. The molecule has 0 saturated carbocycles. The number of carbonyl (C=O) groups is 2. The summed E-state index contributed by atoms with van der Waals surface area (Å²) < 4.78 is 1.66. The van der Waals surface area contributed by atoms with E-state index in [1.165, 1.54) is 0 Å². The van der Waals surface area contributed by atoms with E-state index >= 15 is 0 Å². The quantitative estimate of drug-likeness (QED) is 0.188. The highest BCUT2D eigenvalue weighted by molar-refractivity contribution is 6.32. The standard InChI is InChI=1S/C36H44ClN5O2/c1-24(2)27-16-13-17-28(25(3)4)34(27)39-35(44)41(21-20-26-14-9-8-10-15-26)23-33(43)38-32-22-31(36(5,6)7)40-42(32)30-19-12-11-18-29(30)37/h8-19,22,24-25H,20-21,23H2,1-7H3,(H,38,43)(H,39,44). The first-order valence-electron chi connectivity index (χ1n) is 15.2. The molecule has 0 unspecified atom stereocenters. The summed E-state index contributed by atoms with van der Waals surface area (Å²) in [6.45, 7) is 14.9. The van der Waals surface area contributed by atoms with Crippen LogP contribution in [-0.2, 0) is 16.6 Å². The Morgan fingerprint density at radius 1 is 0.864 bits per heavy atom.